The first-order valence-electron chi connectivity index (χ1n) is 12.4. The van der Waals surface area contributed by atoms with Gasteiger partial charge in [-0.05, 0) is 44.2 Å². The Hall–Kier alpha value is -4.66. The summed E-state index contributed by atoms with van der Waals surface area (Å²) in [6, 6.07) is 11.4. The topological polar surface area (TPSA) is 135 Å². The molecule has 4 heterocycles. The Bertz CT molecular complexity index is 1830. The number of nitrogens with one attached hydrogen (secondary N) is 1. The van der Waals surface area contributed by atoms with Gasteiger partial charge >= 0.3 is 6.01 Å². The van der Waals surface area contributed by atoms with Gasteiger partial charge in [-0.2, -0.15) is 10.2 Å². The van der Waals surface area contributed by atoms with Crippen molar-refractivity contribution in [2.75, 3.05) is 24.4 Å². The fraction of sp³-hybridized carbons (Fsp3) is 0.214. The number of hydrogen-bond donors (Lipinski definition) is 1. The summed E-state index contributed by atoms with van der Waals surface area (Å²) in [5.41, 5.74) is 0.644. The van der Waals surface area contributed by atoms with Crippen molar-refractivity contribution >= 4 is 46.4 Å². The van der Waals surface area contributed by atoms with Crippen molar-refractivity contribution in [3.63, 3.8) is 0 Å². The quantitative estimate of drug-likeness (QED) is 0.344. The van der Waals surface area contributed by atoms with Crippen molar-refractivity contribution < 1.29 is 19.1 Å². The third-order valence-electron chi connectivity index (χ3n) is 7.14. The molecule has 0 bridgehead atoms. The van der Waals surface area contributed by atoms with Gasteiger partial charge in [0.1, 0.15) is 11.9 Å². The molecule has 0 radical (unpaired) electrons. The number of benzene rings is 2. The van der Waals surface area contributed by atoms with Crippen LogP contribution in [0.4, 0.5) is 11.4 Å². The number of ether oxygens (including phenoxy) is 2. The Balaban J connectivity index is 1.70. The maximum absolute atomic E-state index is 14.4. The second-order valence-corrected chi connectivity index (χ2v) is 10.5. The highest BCUT2D eigenvalue weighted by Crippen LogP contribution is 2.54. The smallest absolute Gasteiger partial charge is 0.319 e. The fourth-order valence-electron chi connectivity index (χ4n) is 5.51. The Morgan fingerprint density at radius 3 is 2.51 bits per heavy atom. The molecular formula is C28H21Cl2N7O4. The number of aromatic nitrogens is 4. The molecule has 2 aliphatic rings. The summed E-state index contributed by atoms with van der Waals surface area (Å²) in [5, 5.41) is 12.9. The van der Waals surface area contributed by atoms with E-state index in [0.717, 1.165) is 0 Å². The Labute approximate surface area is 244 Å². The van der Waals surface area contributed by atoms with Crippen LogP contribution in [0.3, 0.4) is 0 Å². The van der Waals surface area contributed by atoms with Crippen molar-refractivity contribution in [3.8, 4) is 29.3 Å². The third kappa shape index (κ3) is 3.61. The summed E-state index contributed by atoms with van der Waals surface area (Å²) in [5.74, 6) is -0.492. The molecule has 2 amide bonds. The third-order valence-corrected chi connectivity index (χ3v) is 7.69. The molecule has 1 atom stereocenters. The predicted molar refractivity (Wildman–Crippen MR) is 151 cm³/mol. The van der Waals surface area contributed by atoms with E-state index >= 15 is 0 Å². The van der Waals surface area contributed by atoms with Crippen molar-refractivity contribution in [1.29, 1.82) is 5.26 Å². The average molecular weight is 590 g/mol. The maximum atomic E-state index is 14.4. The standard InChI is InChI=1S/C28H21Cl2N7O4/c1-13(2)36-22-21(34-23(36)17-12-32-27(41-4)35-24(17)40-3)25(38)37(16-7-5-14(11-31)19(30)10-16)28(22)18-8-6-15(29)9-20(18)33-26(28)39/h5-10,12-13H,1-4H3,(H,33,39)/t28-/m0/s1. The van der Waals surface area contributed by atoms with Gasteiger partial charge < -0.3 is 19.4 Å². The van der Waals surface area contributed by atoms with Gasteiger partial charge in [0.25, 0.3) is 11.8 Å². The van der Waals surface area contributed by atoms with Gasteiger partial charge in [0.15, 0.2) is 11.2 Å². The predicted octanol–water partition coefficient (Wildman–Crippen LogP) is 4.97. The van der Waals surface area contributed by atoms with Crippen LogP contribution in [0, 0.1) is 11.3 Å². The lowest BCUT2D eigenvalue weighted by Gasteiger charge is -2.35. The molecule has 0 aliphatic carbocycles. The fourth-order valence-corrected chi connectivity index (χ4v) is 5.90. The molecule has 0 saturated heterocycles. The van der Waals surface area contributed by atoms with Gasteiger partial charge in [-0.1, -0.05) is 29.3 Å². The molecule has 206 valence electrons. The molecule has 6 rings (SSSR count). The number of carbonyl (C=O) groups is 2. The van der Waals surface area contributed by atoms with Crippen LogP contribution < -0.4 is 19.7 Å². The van der Waals surface area contributed by atoms with E-state index in [1.165, 1.54) is 37.4 Å². The molecule has 0 saturated carbocycles. The Kier molecular flexibility index (Phi) is 6.13. The summed E-state index contributed by atoms with van der Waals surface area (Å²) in [6.45, 7) is 3.83. The van der Waals surface area contributed by atoms with Crippen molar-refractivity contribution in [1.82, 2.24) is 19.5 Å². The number of nitrogens with zero attached hydrogens (tertiary/aromatic N) is 6. The van der Waals surface area contributed by atoms with E-state index in [9.17, 15) is 14.9 Å². The molecule has 11 nitrogen and oxygen atoms in total. The lowest BCUT2D eigenvalue weighted by molar-refractivity contribution is -0.119. The first kappa shape index (κ1) is 26.6. The van der Waals surface area contributed by atoms with Crippen molar-refractivity contribution in [2.24, 2.45) is 0 Å². The lowest BCUT2D eigenvalue weighted by atomic mass is 9.87. The molecule has 41 heavy (non-hydrogen) atoms. The van der Waals surface area contributed by atoms with Gasteiger partial charge in [-0.15, -0.1) is 0 Å². The zero-order valence-electron chi connectivity index (χ0n) is 22.2. The first-order valence-corrected chi connectivity index (χ1v) is 13.2. The molecule has 0 fully saturated rings. The van der Waals surface area contributed by atoms with E-state index in [2.05, 4.69) is 15.3 Å². The number of hydrogen-bond acceptors (Lipinski definition) is 8. The molecule has 4 aromatic rings. The number of anilines is 2. The number of fused-ring (bicyclic) bond motifs is 4. The Morgan fingerprint density at radius 2 is 1.85 bits per heavy atom. The average Bonchev–Trinajstić information content (AvgIpc) is 3.56. The van der Waals surface area contributed by atoms with Crippen LogP contribution in [-0.2, 0) is 10.3 Å². The van der Waals surface area contributed by atoms with Crippen LogP contribution >= 0.6 is 23.2 Å². The van der Waals surface area contributed by atoms with Gasteiger partial charge in [0, 0.05) is 34.2 Å². The number of imidazole rings is 1. The molecule has 1 spiro atoms. The van der Waals surface area contributed by atoms with E-state index < -0.39 is 17.4 Å². The highest BCUT2D eigenvalue weighted by Gasteiger charge is 2.64. The zero-order chi connectivity index (χ0) is 29.2. The first-order chi connectivity index (χ1) is 19.7. The number of halogens is 2. The minimum Gasteiger partial charge on any atom is -0.480 e. The van der Waals surface area contributed by atoms with Crippen LogP contribution in [0.2, 0.25) is 10.0 Å². The monoisotopic (exact) mass is 589 g/mol. The van der Waals surface area contributed by atoms with E-state index in [1.54, 1.807) is 24.3 Å². The summed E-state index contributed by atoms with van der Waals surface area (Å²) in [7, 11) is 2.89. The SMILES string of the molecule is COc1ncc(-c2nc3c(n2C(C)C)[C@@]2(C(=O)Nc4cc(Cl)ccc42)N(c2ccc(C#N)c(Cl)c2)C3=O)c(OC)n1. The van der Waals surface area contributed by atoms with E-state index in [-0.39, 0.29) is 34.2 Å². The van der Waals surface area contributed by atoms with Crippen LogP contribution in [0.5, 0.6) is 11.9 Å². The summed E-state index contributed by atoms with van der Waals surface area (Å²) >= 11 is 12.7. The van der Waals surface area contributed by atoms with Crippen molar-refractivity contribution in [3.05, 3.63) is 75.2 Å². The number of nitriles is 1. The van der Waals surface area contributed by atoms with Crippen LogP contribution in [-0.4, -0.2) is 45.6 Å². The highest BCUT2D eigenvalue weighted by molar-refractivity contribution is 6.33. The molecule has 2 aliphatic heterocycles. The van der Waals surface area contributed by atoms with Gasteiger partial charge in [0.05, 0.1) is 36.1 Å². The van der Waals surface area contributed by atoms with E-state index in [1.807, 2.05) is 24.5 Å². The second-order valence-electron chi connectivity index (χ2n) is 9.65. The number of rotatable bonds is 5. The summed E-state index contributed by atoms with van der Waals surface area (Å²) < 4.78 is 12.5. The van der Waals surface area contributed by atoms with Crippen LogP contribution in [0.15, 0.2) is 42.6 Å². The van der Waals surface area contributed by atoms with Crippen LogP contribution in [0.1, 0.15) is 47.2 Å². The minimum atomic E-state index is -1.68. The van der Waals surface area contributed by atoms with Crippen LogP contribution in [0.25, 0.3) is 11.4 Å². The molecular weight excluding hydrogens is 569 g/mol. The minimum absolute atomic E-state index is 0.0602. The van der Waals surface area contributed by atoms with Gasteiger partial charge in [-0.25, -0.2) is 9.97 Å². The summed E-state index contributed by atoms with van der Waals surface area (Å²) in [4.78, 5) is 43.3. The van der Waals surface area contributed by atoms with E-state index in [4.69, 9.17) is 37.7 Å². The lowest BCUT2D eigenvalue weighted by Crippen LogP contribution is -2.51. The number of carbonyl (C=O) groups excluding carboxylic acids is 2. The molecule has 2 aromatic carbocycles. The van der Waals surface area contributed by atoms with Gasteiger partial charge in [0.2, 0.25) is 5.88 Å². The maximum Gasteiger partial charge on any atom is 0.319 e. The highest BCUT2D eigenvalue weighted by atomic mass is 35.5. The largest absolute Gasteiger partial charge is 0.480 e. The zero-order valence-corrected chi connectivity index (χ0v) is 23.7. The normalized spacial score (nSPS) is 17.1. The molecule has 0 unspecified atom stereocenters. The van der Waals surface area contributed by atoms with E-state index in [0.29, 0.717) is 39.0 Å². The molecule has 13 heteroatoms. The Morgan fingerprint density at radius 1 is 1.07 bits per heavy atom. The number of methoxy groups -OCH3 is 2. The van der Waals surface area contributed by atoms with Crippen molar-refractivity contribution in [2.45, 2.75) is 25.4 Å². The second kappa shape index (κ2) is 9.47. The summed E-state index contributed by atoms with van der Waals surface area (Å²) in [6.07, 6.45) is 1.50. The van der Waals surface area contributed by atoms with Gasteiger partial charge in [-0.3, -0.25) is 14.5 Å². The molecule has 2 aromatic heterocycles. The number of amides is 2. The molecule has 1 N–H and O–H groups in total.